The number of ether oxygens (including phenoxy) is 1. The van der Waals surface area contributed by atoms with E-state index < -0.39 is 10.1 Å². The van der Waals surface area contributed by atoms with E-state index in [1.54, 1.807) is 18.2 Å². The summed E-state index contributed by atoms with van der Waals surface area (Å²) in [5.41, 5.74) is 1.01. The standard InChI is InChI=1S/C16H17FO4S/c17-14-7-9-15(10-8-14)21-16-6-3-5-13(12-16)4-1-2-11-22(18,19)20/h3,5-10,12H,1-2,4,11H2,(H,18,19,20). The highest BCUT2D eigenvalue weighted by atomic mass is 32.2. The Morgan fingerprint density at radius 3 is 2.41 bits per heavy atom. The van der Waals surface area contributed by atoms with Gasteiger partial charge < -0.3 is 4.74 Å². The van der Waals surface area contributed by atoms with E-state index in [-0.39, 0.29) is 11.6 Å². The van der Waals surface area contributed by atoms with E-state index in [0.717, 1.165) is 5.56 Å². The van der Waals surface area contributed by atoms with Crippen LogP contribution >= 0.6 is 0 Å². The predicted molar refractivity (Wildman–Crippen MR) is 82.3 cm³/mol. The van der Waals surface area contributed by atoms with E-state index >= 15 is 0 Å². The summed E-state index contributed by atoms with van der Waals surface area (Å²) in [7, 11) is -3.89. The highest BCUT2D eigenvalue weighted by Crippen LogP contribution is 2.23. The smallest absolute Gasteiger partial charge is 0.264 e. The molecule has 0 unspecified atom stereocenters. The Bertz CT molecular complexity index is 711. The lowest BCUT2D eigenvalue weighted by molar-refractivity contribution is 0.477. The van der Waals surface area contributed by atoms with Crippen molar-refractivity contribution in [1.82, 2.24) is 0 Å². The van der Waals surface area contributed by atoms with Gasteiger partial charge in [0.15, 0.2) is 0 Å². The molecule has 2 aromatic carbocycles. The normalized spacial score (nSPS) is 11.4. The molecule has 22 heavy (non-hydrogen) atoms. The van der Waals surface area contributed by atoms with E-state index in [0.29, 0.717) is 30.8 Å². The number of hydrogen-bond acceptors (Lipinski definition) is 3. The molecule has 1 N–H and O–H groups in total. The Kier molecular flexibility index (Phi) is 5.51. The first-order valence-electron chi connectivity index (χ1n) is 6.90. The van der Waals surface area contributed by atoms with Crippen LogP contribution in [0, 0.1) is 5.82 Å². The van der Waals surface area contributed by atoms with E-state index in [4.69, 9.17) is 9.29 Å². The molecule has 0 bridgehead atoms. The summed E-state index contributed by atoms with van der Waals surface area (Å²) < 4.78 is 48.4. The lowest BCUT2D eigenvalue weighted by Crippen LogP contribution is -2.03. The van der Waals surface area contributed by atoms with Crippen LogP contribution in [-0.2, 0) is 16.5 Å². The van der Waals surface area contributed by atoms with Gasteiger partial charge in [0.25, 0.3) is 10.1 Å². The van der Waals surface area contributed by atoms with Gasteiger partial charge in [-0.25, -0.2) is 4.39 Å². The quantitative estimate of drug-likeness (QED) is 0.621. The Morgan fingerprint density at radius 2 is 1.73 bits per heavy atom. The molecule has 0 spiro atoms. The van der Waals surface area contributed by atoms with Gasteiger partial charge in [-0.05, 0) is 61.2 Å². The predicted octanol–water partition coefficient (Wildman–Crippen LogP) is 3.83. The second-order valence-corrected chi connectivity index (χ2v) is 6.52. The van der Waals surface area contributed by atoms with Gasteiger partial charge in [0.1, 0.15) is 17.3 Å². The summed E-state index contributed by atoms with van der Waals surface area (Å²) in [6, 6.07) is 13.2. The first-order valence-corrected chi connectivity index (χ1v) is 8.51. The number of halogens is 1. The van der Waals surface area contributed by atoms with Crippen LogP contribution in [0.4, 0.5) is 4.39 Å². The van der Waals surface area contributed by atoms with Crippen molar-refractivity contribution in [2.75, 3.05) is 5.75 Å². The molecule has 0 aliphatic carbocycles. The van der Waals surface area contributed by atoms with Crippen molar-refractivity contribution in [2.24, 2.45) is 0 Å². The van der Waals surface area contributed by atoms with Gasteiger partial charge in [-0.3, -0.25) is 4.55 Å². The highest BCUT2D eigenvalue weighted by molar-refractivity contribution is 7.85. The molecule has 0 atom stereocenters. The lowest BCUT2D eigenvalue weighted by atomic mass is 10.1. The van der Waals surface area contributed by atoms with Gasteiger partial charge in [-0.15, -0.1) is 0 Å². The molecule has 2 rings (SSSR count). The first-order chi connectivity index (χ1) is 10.4. The number of hydrogen-bond donors (Lipinski definition) is 1. The summed E-state index contributed by atoms with van der Waals surface area (Å²) in [5, 5.41) is 0. The lowest BCUT2D eigenvalue weighted by Gasteiger charge is -2.07. The van der Waals surface area contributed by atoms with Crippen molar-refractivity contribution in [3.63, 3.8) is 0 Å². The summed E-state index contributed by atoms with van der Waals surface area (Å²) in [6.45, 7) is 0. The van der Waals surface area contributed by atoms with Crippen LogP contribution in [0.15, 0.2) is 48.5 Å². The fourth-order valence-electron chi connectivity index (χ4n) is 2.02. The van der Waals surface area contributed by atoms with Crippen molar-refractivity contribution >= 4 is 10.1 Å². The average molecular weight is 324 g/mol. The van der Waals surface area contributed by atoms with Crippen LogP contribution in [0.5, 0.6) is 11.5 Å². The third-order valence-electron chi connectivity index (χ3n) is 3.07. The minimum absolute atomic E-state index is 0.223. The molecule has 0 aromatic heterocycles. The summed E-state index contributed by atoms with van der Waals surface area (Å²) in [4.78, 5) is 0. The molecule has 118 valence electrons. The van der Waals surface area contributed by atoms with Crippen molar-refractivity contribution in [1.29, 1.82) is 0 Å². The number of unbranched alkanes of at least 4 members (excludes halogenated alkanes) is 1. The van der Waals surface area contributed by atoms with E-state index in [9.17, 15) is 12.8 Å². The molecule has 2 aromatic rings. The molecular formula is C16H17FO4S. The third kappa shape index (κ3) is 5.83. The molecule has 0 aliphatic heterocycles. The Balaban J connectivity index is 1.91. The molecule has 6 heteroatoms. The van der Waals surface area contributed by atoms with Crippen LogP contribution in [0.3, 0.4) is 0 Å². The van der Waals surface area contributed by atoms with Gasteiger partial charge in [0.05, 0.1) is 5.75 Å². The topological polar surface area (TPSA) is 63.6 Å². The zero-order valence-electron chi connectivity index (χ0n) is 11.9. The van der Waals surface area contributed by atoms with Crippen LogP contribution in [-0.4, -0.2) is 18.7 Å². The van der Waals surface area contributed by atoms with Crippen LogP contribution < -0.4 is 4.74 Å². The maximum atomic E-state index is 12.8. The molecule has 0 fully saturated rings. The van der Waals surface area contributed by atoms with Gasteiger partial charge in [0.2, 0.25) is 0 Å². The summed E-state index contributed by atoms with van der Waals surface area (Å²) >= 11 is 0. The Hall–Kier alpha value is -1.92. The molecule has 4 nitrogen and oxygen atoms in total. The zero-order valence-corrected chi connectivity index (χ0v) is 12.7. The maximum absolute atomic E-state index is 12.8. The van der Waals surface area contributed by atoms with Crippen LogP contribution in [0.2, 0.25) is 0 Å². The van der Waals surface area contributed by atoms with Gasteiger partial charge in [0, 0.05) is 0 Å². The van der Waals surface area contributed by atoms with Gasteiger partial charge in [-0.1, -0.05) is 12.1 Å². The second kappa shape index (κ2) is 7.38. The fourth-order valence-corrected chi connectivity index (χ4v) is 2.59. The molecule has 0 radical (unpaired) electrons. The molecule has 0 aliphatic rings. The monoisotopic (exact) mass is 324 g/mol. The second-order valence-electron chi connectivity index (χ2n) is 4.95. The maximum Gasteiger partial charge on any atom is 0.264 e. The average Bonchev–Trinajstić information content (AvgIpc) is 2.46. The largest absolute Gasteiger partial charge is 0.457 e. The van der Waals surface area contributed by atoms with E-state index in [1.807, 2.05) is 18.2 Å². The van der Waals surface area contributed by atoms with Gasteiger partial charge >= 0.3 is 0 Å². The summed E-state index contributed by atoms with van der Waals surface area (Å²) in [6.07, 6.45) is 1.75. The third-order valence-corrected chi connectivity index (χ3v) is 3.87. The molecular weight excluding hydrogens is 307 g/mol. The highest BCUT2D eigenvalue weighted by Gasteiger charge is 2.04. The SMILES string of the molecule is O=S(=O)(O)CCCCc1cccc(Oc2ccc(F)cc2)c1. The minimum Gasteiger partial charge on any atom is -0.457 e. The Morgan fingerprint density at radius 1 is 1.00 bits per heavy atom. The molecule has 0 saturated carbocycles. The van der Waals surface area contributed by atoms with Crippen molar-refractivity contribution in [3.05, 3.63) is 59.9 Å². The van der Waals surface area contributed by atoms with Crippen LogP contribution in [0.1, 0.15) is 18.4 Å². The minimum atomic E-state index is -3.89. The molecule has 0 heterocycles. The van der Waals surface area contributed by atoms with Gasteiger partial charge in [-0.2, -0.15) is 8.42 Å². The molecule has 0 amide bonds. The zero-order chi connectivity index (χ0) is 16.0. The number of rotatable bonds is 7. The number of benzene rings is 2. The van der Waals surface area contributed by atoms with Crippen LogP contribution in [0.25, 0.3) is 0 Å². The fraction of sp³-hybridized carbons (Fsp3) is 0.250. The van der Waals surface area contributed by atoms with E-state index in [1.165, 1.54) is 12.1 Å². The Labute approximate surface area is 129 Å². The van der Waals surface area contributed by atoms with Crippen molar-refractivity contribution in [2.45, 2.75) is 19.3 Å². The molecule has 0 saturated heterocycles. The summed E-state index contributed by atoms with van der Waals surface area (Å²) in [5.74, 6) is 0.641. The van der Waals surface area contributed by atoms with E-state index in [2.05, 4.69) is 0 Å². The van der Waals surface area contributed by atoms with Crippen molar-refractivity contribution < 1.29 is 22.1 Å². The first kappa shape index (κ1) is 16.5. The number of aryl methyl sites for hydroxylation is 1. The van der Waals surface area contributed by atoms with Crippen molar-refractivity contribution in [3.8, 4) is 11.5 Å².